The number of hydrogen-bond acceptors (Lipinski definition) is 4. The zero-order valence-electron chi connectivity index (χ0n) is 13.4. The summed E-state index contributed by atoms with van der Waals surface area (Å²) in [6.07, 6.45) is 1.68. The molecule has 0 bridgehead atoms. The molecule has 0 spiro atoms. The van der Waals surface area contributed by atoms with Crippen LogP contribution in [0.25, 0.3) is 0 Å². The molecule has 21 heavy (non-hydrogen) atoms. The average molecular weight is 291 g/mol. The summed E-state index contributed by atoms with van der Waals surface area (Å²) in [5, 5.41) is 3.20. The van der Waals surface area contributed by atoms with E-state index in [9.17, 15) is 4.79 Å². The van der Waals surface area contributed by atoms with Crippen LogP contribution in [0.3, 0.4) is 0 Å². The van der Waals surface area contributed by atoms with Crippen molar-refractivity contribution in [3.05, 3.63) is 42.0 Å². The summed E-state index contributed by atoms with van der Waals surface area (Å²) in [6.45, 7) is 10.7. The zero-order valence-corrected chi connectivity index (χ0v) is 13.4. The van der Waals surface area contributed by atoms with E-state index in [1.807, 2.05) is 39.0 Å². The quantitative estimate of drug-likeness (QED) is 0.454. The van der Waals surface area contributed by atoms with Gasteiger partial charge in [-0.05, 0) is 26.8 Å². The van der Waals surface area contributed by atoms with E-state index in [0.29, 0.717) is 24.5 Å². The van der Waals surface area contributed by atoms with Crippen molar-refractivity contribution in [2.24, 2.45) is 0 Å². The maximum Gasteiger partial charge on any atom is 0.177 e. The second kappa shape index (κ2) is 7.96. The van der Waals surface area contributed by atoms with Gasteiger partial charge >= 0.3 is 0 Å². The normalized spacial score (nSPS) is 11.2. The maximum absolute atomic E-state index is 12.4. The molecule has 0 saturated heterocycles. The van der Waals surface area contributed by atoms with Crippen molar-refractivity contribution in [2.45, 2.75) is 32.9 Å². The van der Waals surface area contributed by atoms with Gasteiger partial charge in [0, 0.05) is 16.7 Å². The van der Waals surface area contributed by atoms with E-state index in [4.69, 9.17) is 9.47 Å². The fraction of sp³-hybridized carbons (Fsp3) is 0.471. The Labute approximate surface area is 127 Å². The van der Waals surface area contributed by atoms with Gasteiger partial charge in [0.05, 0.1) is 26.9 Å². The van der Waals surface area contributed by atoms with Crippen LogP contribution in [0, 0.1) is 0 Å². The number of ether oxygens (including phenoxy) is 2. The highest BCUT2D eigenvalue weighted by Gasteiger charge is 2.17. The first kappa shape index (κ1) is 17.4. The summed E-state index contributed by atoms with van der Waals surface area (Å²) in [4.78, 5) is 12.4. The highest BCUT2D eigenvalue weighted by atomic mass is 16.5. The first-order valence-electron chi connectivity index (χ1n) is 7.02. The lowest BCUT2D eigenvalue weighted by atomic mass is 10.0. The molecule has 0 heterocycles. The van der Waals surface area contributed by atoms with Crippen LogP contribution in [-0.2, 0) is 11.3 Å². The van der Waals surface area contributed by atoms with Crippen LogP contribution in [0.1, 0.15) is 36.7 Å². The monoisotopic (exact) mass is 291 g/mol. The van der Waals surface area contributed by atoms with Crippen LogP contribution in [0.5, 0.6) is 5.75 Å². The van der Waals surface area contributed by atoms with Crippen molar-refractivity contribution in [1.82, 2.24) is 5.32 Å². The Morgan fingerprint density at radius 1 is 1.38 bits per heavy atom. The van der Waals surface area contributed by atoms with E-state index in [2.05, 4.69) is 11.9 Å². The van der Waals surface area contributed by atoms with Gasteiger partial charge < -0.3 is 14.8 Å². The molecule has 0 aliphatic heterocycles. The van der Waals surface area contributed by atoms with Crippen LogP contribution in [-0.4, -0.2) is 31.6 Å². The Morgan fingerprint density at radius 3 is 2.67 bits per heavy atom. The van der Waals surface area contributed by atoms with Crippen LogP contribution >= 0.6 is 0 Å². The second-order valence-electron chi connectivity index (χ2n) is 5.82. The molecule has 1 N–H and O–H groups in total. The molecule has 4 heteroatoms. The van der Waals surface area contributed by atoms with Gasteiger partial charge in [0.2, 0.25) is 0 Å². The highest BCUT2D eigenvalue weighted by molar-refractivity contribution is 5.99. The number of nitrogens with one attached hydrogen (secondary N) is 1. The molecular weight excluding hydrogens is 266 g/mol. The lowest BCUT2D eigenvalue weighted by Gasteiger charge is -2.20. The number of carbonyl (C=O) groups is 1. The third kappa shape index (κ3) is 5.69. The van der Waals surface area contributed by atoms with E-state index < -0.39 is 0 Å². The molecule has 4 nitrogen and oxygen atoms in total. The maximum atomic E-state index is 12.4. The Morgan fingerprint density at radius 2 is 2.10 bits per heavy atom. The van der Waals surface area contributed by atoms with Crippen molar-refractivity contribution in [1.29, 1.82) is 0 Å². The van der Waals surface area contributed by atoms with Crippen LogP contribution in [0.2, 0.25) is 0 Å². The number of hydrogen-bond donors (Lipinski definition) is 1. The Kier molecular flexibility index (Phi) is 6.59. The van der Waals surface area contributed by atoms with Crippen molar-refractivity contribution < 1.29 is 14.3 Å². The topological polar surface area (TPSA) is 47.6 Å². The fourth-order valence-corrected chi connectivity index (χ4v) is 1.85. The molecule has 0 saturated carbocycles. The van der Waals surface area contributed by atoms with Gasteiger partial charge in [0.15, 0.2) is 5.78 Å². The molecule has 116 valence electrons. The van der Waals surface area contributed by atoms with Crippen molar-refractivity contribution in [3.63, 3.8) is 0 Å². The molecule has 0 aliphatic carbocycles. The van der Waals surface area contributed by atoms with Crippen LogP contribution < -0.4 is 10.1 Å². The van der Waals surface area contributed by atoms with Crippen LogP contribution in [0.4, 0.5) is 0 Å². The molecule has 0 aromatic heterocycles. The number of ketones is 1. The molecule has 1 rings (SSSR count). The summed E-state index contributed by atoms with van der Waals surface area (Å²) in [7, 11) is 1.59. The molecule has 0 unspecified atom stereocenters. The van der Waals surface area contributed by atoms with Crippen molar-refractivity contribution in [3.8, 4) is 5.75 Å². The molecular formula is C17H25NO3. The lowest BCUT2D eigenvalue weighted by Crippen LogP contribution is -2.39. The largest absolute Gasteiger partial charge is 0.496 e. The minimum absolute atomic E-state index is 0.0287. The third-order valence-corrected chi connectivity index (χ3v) is 2.91. The first-order chi connectivity index (χ1) is 9.89. The van der Waals surface area contributed by atoms with Gasteiger partial charge in [0.25, 0.3) is 0 Å². The number of rotatable bonds is 8. The van der Waals surface area contributed by atoms with Gasteiger partial charge in [-0.3, -0.25) is 4.79 Å². The van der Waals surface area contributed by atoms with Crippen LogP contribution in [0.15, 0.2) is 30.9 Å². The number of methoxy groups -OCH3 is 1. The minimum atomic E-state index is -0.103. The number of benzene rings is 1. The smallest absolute Gasteiger partial charge is 0.177 e. The average Bonchev–Trinajstić information content (AvgIpc) is 2.44. The number of carbonyl (C=O) groups excluding carboxylic acids is 1. The lowest BCUT2D eigenvalue weighted by molar-refractivity contribution is 0.0973. The van der Waals surface area contributed by atoms with Gasteiger partial charge in [-0.15, -0.1) is 6.58 Å². The fourth-order valence-electron chi connectivity index (χ4n) is 1.85. The molecule has 0 aliphatic rings. The number of Topliss-reactive ketones (excluding diaryl/α,β-unsaturated/α-hetero) is 1. The van der Waals surface area contributed by atoms with Crippen molar-refractivity contribution in [2.75, 3.05) is 20.3 Å². The summed E-state index contributed by atoms with van der Waals surface area (Å²) < 4.78 is 10.8. The van der Waals surface area contributed by atoms with E-state index >= 15 is 0 Å². The first-order valence-corrected chi connectivity index (χ1v) is 7.02. The summed E-state index contributed by atoms with van der Waals surface area (Å²) >= 11 is 0. The summed E-state index contributed by atoms with van der Waals surface area (Å²) in [5.41, 5.74) is 1.31. The van der Waals surface area contributed by atoms with Gasteiger partial charge in [-0.1, -0.05) is 18.2 Å². The molecule has 0 amide bonds. The Hall–Kier alpha value is -1.65. The van der Waals surface area contributed by atoms with E-state index in [0.717, 1.165) is 5.56 Å². The van der Waals surface area contributed by atoms with E-state index in [1.54, 1.807) is 13.2 Å². The van der Waals surface area contributed by atoms with E-state index in [-0.39, 0.29) is 17.9 Å². The molecule has 1 aromatic rings. The molecule has 0 atom stereocenters. The Balaban J connectivity index is 2.93. The highest BCUT2D eigenvalue weighted by Crippen LogP contribution is 2.23. The summed E-state index contributed by atoms with van der Waals surface area (Å²) in [6, 6.07) is 5.46. The molecule has 0 radical (unpaired) electrons. The molecule has 0 fully saturated rings. The standard InChI is InChI=1S/C17H25NO3/c1-6-10-21-12-14-13(8-7-9-16(14)20-5)15(19)11-18-17(2,3)4/h6-9,18H,1,10-12H2,2-5H3. The second-order valence-corrected chi connectivity index (χ2v) is 5.82. The van der Waals surface area contributed by atoms with E-state index in [1.165, 1.54) is 0 Å². The molecule has 1 aromatic carbocycles. The Bertz CT molecular complexity index is 489. The van der Waals surface area contributed by atoms with Gasteiger partial charge in [0.1, 0.15) is 5.75 Å². The van der Waals surface area contributed by atoms with Crippen molar-refractivity contribution >= 4 is 5.78 Å². The third-order valence-electron chi connectivity index (χ3n) is 2.91. The van der Waals surface area contributed by atoms with Gasteiger partial charge in [-0.25, -0.2) is 0 Å². The zero-order chi connectivity index (χ0) is 15.9. The van der Waals surface area contributed by atoms with Gasteiger partial charge in [-0.2, -0.15) is 0 Å². The minimum Gasteiger partial charge on any atom is -0.496 e. The summed E-state index contributed by atoms with van der Waals surface area (Å²) in [5.74, 6) is 0.696. The SMILES string of the molecule is C=CCOCc1c(OC)cccc1C(=O)CNC(C)(C)C. The predicted octanol–water partition coefficient (Wildman–Crippen LogP) is 2.97. The predicted molar refractivity (Wildman–Crippen MR) is 84.9 cm³/mol.